The van der Waals surface area contributed by atoms with Crippen LogP contribution in [0.25, 0.3) is 0 Å². The molecule has 0 aliphatic carbocycles. The molecule has 4 atom stereocenters. The predicted molar refractivity (Wildman–Crippen MR) is 87.4 cm³/mol. The zero-order valence-electron chi connectivity index (χ0n) is 13.2. The Morgan fingerprint density at radius 2 is 2.05 bits per heavy atom. The van der Waals surface area contributed by atoms with Crippen molar-refractivity contribution in [2.24, 2.45) is 5.92 Å². The molecule has 0 radical (unpaired) electrons. The second-order valence-electron chi connectivity index (χ2n) is 5.81. The molecule has 0 bridgehead atoms. The van der Waals surface area contributed by atoms with E-state index in [-0.39, 0.29) is 18.1 Å². The predicted octanol–water partition coefficient (Wildman–Crippen LogP) is 2.03. The molecule has 0 aromatic heterocycles. The molecule has 0 saturated carbocycles. The van der Waals surface area contributed by atoms with E-state index in [0.717, 1.165) is 12.0 Å². The van der Waals surface area contributed by atoms with Crippen LogP contribution in [0, 0.1) is 5.92 Å². The van der Waals surface area contributed by atoms with Crippen molar-refractivity contribution >= 4 is 26.2 Å². The average Bonchev–Trinajstić information content (AvgIpc) is 2.82. The van der Waals surface area contributed by atoms with Crippen molar-refractivity contribution in [3.05, 3.63) is 35.9 Å². The Bertz CT molecular complexity index is 534. The van der Waals surface area contributed by atoms with Crippen molar-refractivity contribution in [1.29, 1.82) is 0 Å². The van der Waals surface area contributed by atoms with Gasteiger partial charge in [-0.1, -0.05) is 0 Å². The summed E-state index contributed by atoms with van der Waals surface area (Å²) in [5.74, 6) is -0.537. The van der Waals surface area contributed by atoms with E-state index in [1.165, 1.54) is 0 Å². The molecule has 5 heteroatoms. The second-order valence-corrected chi connectivity index (χ2v) is 6.54. The molecule has 4 nitrogen and oxygen atoms in total. The number of aliphatic hydroxyl groups excluding tert-OH is 1. The molecule has 1 aromatic rings. The molecule has 1 saturated heterocycles. The first-order valence-corrected chi connectivity index (χ1v) is 8.59. The fourth-order valence-corrected chi connectivity index (χ4v) is 3.53. The van der Waals surface area contributed by atoms with Gasteiger partial charge in [0.2, 0.25) is 0 Å². The minimum atomic E-state index is -0.617. The Morgan fingerprint density at radius 1 is 1.41 bits per heavy atom. The van der Waals surface area contributed by atoms with Gasteiger partial charge < -0.3 is 0 Å². The third kappa shape index (κ3) is 3.43. The van der Waals surface area contributed by atoms with Gasteiger partial charge in [0.1, 0.15) is 0 Å². The van der Waals surface area contributed by atoms with Crippen LogP contribution in [0.3, 0.4) is 0 Å². The maximum atomic E-state index is 12.7. The van der Waals surface area contributed by atoms with Crippen LogP contribution in [0.15, 0.2) is 30.3 Å². The molecule has 1 heterocycles. The maximum absolute atomic E-state index is 12.7. The number of benzene rings is 1. The van der Waals surface area contributed by atoms with Crippen molar-refractivity contribution in [3.63, 3.8) is 0 Å². The molecular weight excluding hydrogens is 345 g/mol. The number of hydrogen-bond donors (Lipinski definition) is 1. The molecule has 1 amide bonds. The monoisotopic (exact) mass is 369 g/mol. The number of amides is 1. The van der Waals surface area contributed by atoms with Gasteiger partial charge in [-0.05, 0) is 0 Å². The van der Waals surface area contributed by atoms with Gasteiger partial charge in [0.25, 0.3) is 0 Å². The summed E-state index contributed by atoms with van der Waals surface area (Å²) in [7, 11) is 0. The van der Waals surface area contributed by atoms with Gasteiger partial charge in [0, 0.05) is 0 Å². The van der Waals surface area contributed by atoms with Gasteiger partial charge in [0.15, 0.2) is 0 Å². The summed E-state index contributed by atoms with van der Waals surface area (Å²) >= 11 is 2.84. The number of nitrogens with zero attached hydrogens (tertiary/aromatic N) is 1. The Morgan fingerprint density at radius 3 is 2.64 bits per heavy atom. The van der Waals surface area contributed by atoms with Crippen LogP contribution in [0.1, 0.15) is 45.3 Å². The normalized spacial score (nSPS) is 24.0. The summed E-state index contributed by atoms with van der Waals surface area (Å²) in [5.41, 5.74) is 1.04. The van der Waals surface area contributed by atoms with E-state index in [4.69, 9.17) is 4.74 Å². The summed E-state index contributed by atoms with van der Waals surface area (Å²) in [6.45, 7) is 5.75. The summed E-state index contributed by atoms with van der Waals surface area (Å²) in [5, 5.41) is 10.1. The van der Waals surface area contributed by atoms with Gasteiger partial charge in [0.05, 0.1) is 0 Å². The third-order valence-corrected chi connectivity index (χ3v) is 4.80. The van der Waals surface area contributed by atoms with Gasteiger partial charge >= 0.3 is 139 Å². The van der Waals surface area contributed by atoms with E-state index in [2.05, 4.69) is 15.6 Å². The second kappa shape index (κ2) is 7.40. The fraction of sp³-hybridized carbons (Fsp3) is 0.529. The van der Waals surface area contributed by atoms with E-state index in [1.54, 1.807) is 11.8 Å². The van der Waals surface area contributed by atoms with E-state index in [0.29, 0.717) is 11.1 Å². The fourth-order valence-electron chi connectivity index (χ4n) is 2.78. The molecule has 1 aliphatic rings. The third-order valence-electron chi connectivity index (χ3n) is 4.19. The zero-order valence-corrected chi connectivity index (χ0v) is 14.9. The number of carbonyl (C=O) groups excluding carboxylic acids is 1. The SMILES string of the molecule is CCC[C@H](O)[C@@H](C)C(=O)N1C(=[Se])O[C@H](c2ccccc2)[C@@H]1C. The van der Waals surface area contributed by atoms with Crippen molar-refractivity contribution in [2.45, 2.75) is 51.9 Å². The molecule has 1 aromatic carbocycles. The number of rotatable bonds is 5. The first-order valence-electron chi connectivity index (χ1n) is 7.74. The number of carbonyl (C=O) groups is 1. The van der Waals surface area contributed by atoms with Crippen LogP contribution in [0.2, 0.25) is 0 Å². The van der Waals surface area contributed by atoms with Crippen molar-refractivity contribution in [3.8, 4) is 0 Å². The Kier molecular flexibility index (Phi) is 5.79. The average molecular weight is 368 g/mol. The number of hydrogen-bond acceptors (Lipinski definition) is 3. The van der Waals surface area contributed by atoms with Gasteiger partial charge in [-0.3, -0.25) is 0 Å². The molecule has 22 heavy (non-hydrogen) atoms. The summed E-state index contributed by atoms with van der Waals surface area (Å²) < 4.78 is 6.36. The number of aliphatic hydroxyl groups is 1. The molecule has 0 spiro atoms. The van der Waals surface area contributed by atoms with Crippen molar-refractivity contribution in [2.75, 3.05) is 0 Å². The number of ether oxygens (including phenoxy) is 1. The molecule has 1 N–H and O–H groups in total. The van der Waals surface area contributed by atoms with Crippen LogP contribution in [-0.2, 0) is 9.53 Å². The van der Waals surface area contributed by atoms with E-state index in [1.807, 2.05) is 44.2 Å². The van der Waals surface area contributed by atoms with Crippen molar-refractivity contribution < 1.29 is 14.6 Å². The Balaban J connectivity index is 2.15. The van der Waals surface area contributed by atoms with Crippen molar-refractivity contribution in [1.82, 2.24) is 4.90 Å². The molecule has 0 unspecified atom stereocenters. The summed E-state index contributed by atoms with van der Waals surface area (Å²) in [6, 6.07) is 9.76. The van der Waals surface area contributed by atoms with Gasteiger partial charge in [-0.15, -0.1) is 0 Å². The van der Waals surface area contributed by atoms with Crippen LogP contribution in [-0.4, -0.2) is 48.4 Å². The molecule has 1 aliphatic heterocycles. The first-order chi connectivity index (χ1) is 10.5. The van der Waals surface area contributed by atoms with Crippen LogP contribution in [0.5, 0.6) is 0 Å². The van der Waals surface area contributed by atoms with Crippen LogP contribution < -0.4 is 0 Å². The van der Waals surface area contributed by atoms with Crippen LogP contribution >= 0.6 is 0 Å². The zero-order chi connectivity index (χ0) is 16.3. The molecular formula is C17H23NO3Se. The molecule has 120 valence electrons. The van der Waals surface area contributed by atoms with E-state index < -0.39 is 12.0 Å². The Labute approximate surface area is 139 Å². The standard InChI is InChI=1S/C17H23NO3Se/c1-4-8-14(19)11(2)16(20)18-12(3)15(21-17(18)22)13-9-6-5-7-10-13/h5-7,9-12,14-15,19H,4,8H2,1-3H3/t11-,12+,14+,15+/m1/s1. The summed E-state index contributed by atoms with van der Waals surface area (Å²) in [6.07, 6.45) is 0.679. The van der Waals surface area contributed by atoms with Gasteiger partial charge in [-0.25, -0.2) is 0 Å². The van der Waals surface area contributed by atoms with E-state index >= 15 is 0 Å². The minimum absolute atomic E-state index is 0.0966. The molecule has 2 rings (SSSR count). The Hall–Kier alpha value is -1.16. The van der Waals surface area contributed by atoms with Crippen LogP contribution in [0.4, 0.5) is 0 Å². The van der Waals surface area contributed by atoms with Gasteiger partial charge in [-0.2, -0.15) is 0 Å². The molecule has 1 fully saturated rings. The van der Waals surface area contributed by atoms with E-state index in [9.17, 15) is 9.90 Å². The quantitative estimate of drug-likeness (QED) is 0.810. The summed E-state index contributed by atoms with van der Waals surface area (Å²) in [4.78, 5) is 14.3. The first kappa shape index (κ1) is 17.2. The topological polar surface area (TPSA) is 49.8 Å².